The summed E-state index contributed by atoms with van der Waals surface area (Å²) >= 11 is 0. The Morgan fingerprint density at radius 1 is 1.26 bits per heavy atom. The molecule has 5 heteroatoms. The fourth-order valence-electron chi connectivity index (χ4n) is 2.82. The van der Waals surface area contributed by atoms with Gasteiger partial charge in [0.15, 0.2) is 0 Å². The summed E-state index contributed by atoms with van der Waals surface area (Å²) in [6, 6.07) is 0.404. The van der Waals surface area contributed by atoms with Gasteiger partial charge in [0.25, 0.3) is 0 Å². The Morgan fingerprint density at radius 3 is 2.84 bits per heavy atom. The average Bonchev–Trinajstić information content (AvgIpc) is 2.92. The van der Waals surface area contributed by atoms with Crippen molar-refractivity contribution in [3.05, 3.63) is 0 Å². The zero-order valence-electron chi connectivity index (χ0n) is 12.1. The van der Waals surface area contributed by atoms with Crippen LogP contribution >= 0.6 is 0 Å². The molecule has 1 amide bonds. The maximum atomic E-state index is 12.7. The van der Waals surface area contributed by atoms with Crippen LogP contribution in [0.1, 0.15) is 26.7 Å². The molecule has 0 bridgehead atoms. The Hall–Kier alpha value is -0.650. The first-order valence-corrected chi connectivity index (χ1v) is 7.47. The molecule has 5 nitrogen and oxygen atoms in total. The molecule has 3 atom stereocenters. The molecule has 3 unspecified atom stereocenters. The first-order chi connectivity index (χ1) is 9.27. The number of ether oxygens (including phenoxy) is 2. The number of carbonyl (C=O) groups excluding carboxylic acids is 1. The van der Waals surface area contributed by atoms with Gasteiger partial charge in [0.2, 0.25) is 5.91 Å². The van der Waals surface area contributed by atoms with Crippen LogP contribution < -0.4 is 5.32 Å². The van der Waals surface area contributed by atoms with Crippen molar-refractivity contribution in [3.8, 4) is 0 Å². The molecule has 0 spiro atoms. The highest BCUT2D eigenvalue weighted by Gasteiger charge is 2.38. The quantitative estimate of drug-likeness (QED) is 0.796. The number of amides is 1. The number of rotatable bonds is 5. The summed E-state index contributed by atoms with van der Waals surface area (Å²) < 4.78 is 11.0. The molecule has 0 aromatic carbocycles. The monoisotopic (exact) mass is 270 g/mol. The second-order valence-corrected chi connectivity index (χ2v) is 5.37. The van der Waals surface area contributed by atoms with Gasteiger partial charge < -0.3 is 19.7 Å². The summed E-state index contributed by atoms with van der Waals surface area (Å²) in [7, 11) is 0. The van der Waals surface area contributed by atoms with Crippen LogP contribution in [0.2, 0.25) is 0 Å². The van der Waals surface area contributed by atoms with Crippen LogP contribution in [0, 0.1) is 5.92 Å². The highest BCUT2D eigenvalue weighted by molar-refractivity contribution is 5.80. The minimum Gasteiger partial charge on any atom is -0.379 e. The second-order valence-electron chi connectivity index (χ2n) is 5.37. The van der Waals surface area contributed by atoms with Crippen molar-refractivity contribution in [2.45, 2.75) is 38.8 Å². The van der Waals surface area contributed by atoms with Crippen LogP contribution in [0.25, 0.3) is 0 Å². The SMILES string of the molecule is CCCNC1COCC1C(=O)N1CCOCC1CC. The zero-order chi connectivity index (χ0) is 13.7. The summed E-state index contributed by atoms with van der Waals surface area (Å²) in [5, 5.41) is 3.43. The molecule has 1 N–H and O–H groups in total. The molecule has 2 saturated heterocycles. The van der Waals surface area contributed by atoms with E-state index < -0.39 is 0 Å². The second kappa shape index (κ2) is 7.22. The molecule has 0 radical (unpaired) electrons. The van der Waals surface area contributed by atoms with Crippen molar-refractivity contribution in [1.29, 1.82) is 0 Å². The van der Waals surface area contributed by atoms with Gasteiger partial charge in [0.1, 0.15) is 0 Å². The lowest BCUT2D eigenvalue weighted by atomic mass is 10.00. The number of nitrogens with one attached hydrogen (secondary N) is 1. The maximum Gasteiger partial charge on any atom is 0.230 e. The molecule has 2 fully saturated rings. The Morgan fingerprint density at radius 2 is 2.11 bits per heavy atom. The van der Waals surface area contributed by atoms with E-state index in [2.05, 4.69) is 19.2 Å². The third-order valence-electron chi connectivity index (χ3n) is 4.04. The third-order valence-corrected chi connectivity index (χ3v) is 4.04. The van der Waals surface area contributed by atoms with E-state index in [0.717, 1.165) is 19.4 Å². The maximum absolute atomic E-state index is 12.7. The number of hydrogen-bond acceptors (Lipinski definition) is 4. The normalized spacial score (nSPS) is 31.7. The number of morpholine rings is 1. The molecular formula is C14H26N2O3. The Balaban J connectivity index is 1.96. The van der Waals surface area contributed by atoms with Gasteiger partial charge in [-0.1, -0.05) is 13.8 Å². The van der Waals surface area contributed by atoms with Crippen molar-refractivity contribution < 1.29 is 14.3 Å². The van der Waals surface area contributed by atoms with E-state index in [4.69, 9.17) is 9.47 Å². The van der Waals surface area contributed by atoms with E-state index in [1.165, 1.54) is 0 Å². The van der Waals surface area contributed by atoms with Crippen molar-refractivity contribution in [1.82, 2.24) is 10.2 Å². The van der Waals surface area contributed by atoms with Crippen LogP contribution in [0.4, 0.5) is 0 Å². The molecule has 2 aliphatic heterocycles. The highest BCUT2D eigenvalue weighted by Crippen LogP contribution is 2.20. The summed E-state index contributed by atoms with van der Waals surface area (Å²) in [6.07, 6.45) is 2.03. The summed E-state index contributed by atoms with van der Waals surface area (Å²) in [4.78, 5) is 14.7. The van der Waals surface area contributed by atoms with Crippen molar-refractivity contribution in [2.24, 2.45) is 5.92 Å². The molecule has 19 heavy (non-hydrogen) atoms. The first kappa shape index (κ1) is 14.8. The van der Waals surface area contributed by atoms with Gasteiger partial charge in [-0.25, -0.2) is 0 Å². The van der Waals surface area contributed by atoms with E-state index in [1.807, 2.05) is 4.90 Å². The molecule has 0 aromatic rings. The van der Waals surface area contributed by atoms with Crippen LogP contribution in [0.15, 0.2) is 0 Å². The van der Waals surface area contributed by atoms with E-state index in [9.17, 15) is 4.79 Å². The zero-order valence-corrected chi connectivity index (χ0v) is 12.1. The number of nitrogens with zero attached hydrogens (tertiary/aromatic N) is 1. The molecular weight excluding hydrogens is 244 g/mol. The lowest BCUT2D eigenvalue weighted by Gasteiger charge is -2.37. The summed E-state index contributed by atoms with van der Waals surface area (Å²) in [5.74, 6) is 0.208. The highest BCUT2D eigenvalue weighted by atomic mass is 16.5. The predicted octanol–water partition coefficient (Wildman–Crippen LogP) is 0.638. The molecule has 2 rings (SSSR count). The molecule has 0 aromatic heterocycles. The van der Waals surface area contributed by atoms with E-state index in [0.29, 0.717) is 33.0 Å². The minimum absolute atomic E-state index is 0.0290. The van der Waals surface area contributed by atoms with Crippen LogP contribution in [-0.2, 0) is 14.3 Å². The van der Waals surface area contributed by atoms with Crippen LogP contribution in [-0.4, -0.2) is 62.4 Å². The van der Waals surface area contributed by atoms with Crippen LogP contribution in [0.3, 0.4) is 0 Å². The topological polar surface area (TPSA) is 50.8 Å². The molecule has 0 aliphatic carbocycles. The molecule has 0 saturated carbocycles. The van der Waals surface area contributed by atoms with E-state index in [-0.39, 0.29) is 23.9 Å². The van der Waals surface area contributed by atoms with Gasteiger partial charge in [-0.2, -0.15) is 0 Å². The van der Waals surface area contributed by atoms with Gasteiger partial charge in [0.05, 0.1) is 38.4 Å². The predicted molar refractivity (Wildman–Crippen MR) is 73.0 cm³/mol. The molecule has 2 aliphatic rings. The average molecular weight is 270 g/mol. The molecule has 110 valence electrons. The first-order valence-electron chi connectivity index (χ1n) is 7.47. The summed E-state index contributed by atoms with van der Waals surface area (Å²) in [6.45, 7) is 8.43. The van der Waals surface area contributed by atoms with E-state index in [1.54, 1.807) is 0 Å². The van der Waals surface area contributed by atoms with E-state index >= 15 is 0 Å². The summed E-state index contributed by atoms with van der Waals surface area (Å²) in [5.41, 5.74) is 0. The van der Waals surface area contributed by atoms with Gasteiger partial charge in [-0.15, -0.1) is 0 Å². The van der Waals surface area contributed by atoms with Gasteiger partial charge in [0, 0.05) is 12.6 Å². The smallest absolute Gasteiger partial charge is 0.230 e. The van der Waals surface area contributed by atoms with Gasteiger partial charge in [-0.3, -0.25) is 4.79 Å². The number of hydrogen-bond donors (Lipinski definition) is 1. The van der Waals surface area contributed by atoms with Crippen molar-refractivity contribution >= 4 is 5.91 Å². The third kappa shape index (κ3) is 3.46. The van der Waals surface area contributed by atoms with Gasteiger partial charge in [-0.05, 0) is 19.4 Å². The lowest BCUT2D eigenvalue weighted by molar-refractivity contribution is -0.144. The number of carbonyl (C=O) groups is 1. The van der Waals surface area contributed by atoms with Crippen LogP contribution in [0.5, 0.6) is 0 Å². The Bertz CT molecular complexity index is 298. The van der Waals surface area contributed by atoms with Gasteiger partial charge >= 0.3 is 0 Å². The van der Waals surface area contributed by atoms with Crippen molar-refractivity contribution in [2.75, 3.05) is 39.5 Å². The fourth-order valence-corrected chi connectivity index (χ4v) is 2.82. The minimum atomic E-state index is -0.0290. The fraction of sp³-hybridized carbons (Fsp3) is 0.929. The van der Waals surface area contributed by atoms with Crippen molar-refractivity contribution in [3.63, 3.8) is 0 Å². The Kier molecular flexibility index (Phi) is 5.60. The molecule has 2 heterocycles. The Labute approximate surface area is 115 Å². The lowest BCUT2D eigenvalue weighted by Crippen LogP contribution is -2.53. The standard InChI is InChI=1S/C14H26N2O3/c1-3-5-15-13-10-19-9-12(13)14(17)16-6-7-18-8-11(16)4-2/h11-13,15H,3-10H2,1-2H3. The largest absolute Gasteiger partial charge is 0.379 e.